The number of anilines is 1. The molecule has 4 heterocycles. The minimum atomic E-state index is -0.733. The second-order valence-corrected chi connectivity index (χ2v) is 10.5. The Balaban J connectivity index is 1.14. The molecule has 2 aromatic heterocycles. The lowest BCUT2D eigenvalue weighted by molar-refractivity contribution is -0.134. The second-order valence-electron chi connectivity index (χ2n) is 10.5. The van der Waals surface area contributed by atoms with E-state index in [1.807, 2.05) is 47.4 Å². The number of aromatic amines is 1. The summed E-state index contributed by atoms with van der Waals surface area (Å²) in [6, 6.07) is 17.9. The minimum absolute atomic E-state index is 0.0977. The predicted octanol–water partition coefficient (Wildman–Crippen LogP) is 3.49. The van der Waals surface area contributed by atoms with E-state index in [1.165, 1.54) is 11.1 Å². The Hall–Kier alpha value is -4.08. The number of pyridine rings is 1. The van der Waals surface area contributed by atoms with Crippen LogP contribution in [0.1, 0.15) is 17.5 Å². The van der Waals surface area contributed by atoms with Gasteiger partial charge in [0.25, 0.3) is 0 Å². The number of hydrogen-bond donors (Lipinski definition) is 2. The average molecular weight is 525 g/mol. The topological polar surface area (TPSA) is 103 Å². The monoisotopic (exact) mass is 524 g/mol. The average Bonchev–Trinajstić information content (AvgIpc) is 3.58. The van der Waals surface area contributed by atoms with Crippen molar-refractivity contribution in [3.63, 3.8) is 0 Å². The van der Waals surface area contributed by atoms with Crippen molar-refractivity contribution in [3.05, 3.63) is 78.1 Å². The van der Waals surface area contributed by atoms with E-state index in [4.69, 9.17) is 4.74 Å². The molecule has 0 aliphatic carbocycles. The number of benzene rings is 2. The maximum Gasteiger partial charge on any atom is 0.237 e. The van der Waals surface area contributed by atoms with Crippen molar-refractivity contribution in [2.75, 3.05) is 45.2 Å². The summed E-state index contributed by atoms with van der Waals surface area (Å²) >= 11 is 0. The van der Waals surface area contributed by atoms with Gasteiger partial charge in [-0.3, -0.25) is 24.6 Å². The number of amides is 2. The number of carbonyl (C=O) groups excluding carboxylic acids is 2. The van der Waals surface area contributed by atoms with Gasteiger partial charge in [-0.1, -0.05) is 24.3 Å². The Morgan fingerprint density at radius 3 is 2.72 bits per heavy atom. The van der Waals surface area contributed by atoms with E-state index in [9.17, 15) is 9.59 Å². The Kier molecular flexibility index (Phi) is 6.85. The van der Waals surface area contributed by atoms with Gasteiger partial charge in [-0.25, -0.2) is 0 Å². The van der Waals surface area contributed by atoms with Crippen LogP contribution in [-0.2, 0) is 27.3 Å². The molecule has 1 atom stereocenters. The number of methoxy groups -OCH3 is 1. The van der Waals surface area contributed by atoms with Gasteiger partial charge in [0.2, 0.25) is 11.8 Å². The van der Waals surface area contributed by atoms with Crippen LogP contribution in [0.15, 0.2) is 67.0 Å². The summed E-state index contributed by atoms with van der Waals surface area (Å²) in [6.07, 6.45) is 4.97. The summed E-state index contributed by atoms with van der Waals surface area (Å²) in [4.78, 5) is 35.0. The van der Waals surface area contributed by atoms with Gasteiger partial charge in [0.1, 0.15) is 5.69 Å². The Morgan fingerprint density at radius 1 is 1.08 bits per heavy atom. The smallest absolute Gasteiger partial charge is 0.237 e. The first-order chi connectivity index (χ1) is 19.0. The van der Waals surface area contributed by atoms with Crippen LogP contribution in [0.4, 0.5) is 5.69 Å². The van der Waals surface area contributed by atoms with E-state index in [1.54, 1.807) is 19.5 Å². The Bertz CT molecular complexity index is 1500. The highest BCUT2D eigenvalue weighted by Gasteiger charge is 2.45. The zero-order valence-corrected chi connectivity index (χ0v) is 22.0. The molecular formula is C30H32N6O3. The van der Waals surface area contributed by atoms with Gasteiger partial charge in [-0.05, 0) is 60.8 Å². The molecule has 0 saturated carbocycles. The van der Waals surface area contributed by atoms with Crippen LogP contribution in [0.25, 0.3) is 22.2 Å². The Morgan fingerprint density at radius 2 is 1.90 bits per heavy atom. The van der Waals surface area contributed by atoms with Gasteiger partial charge >= 0.3 is 0 Å². The van der Waals surface area contributed by atoms with Gasteiger partial charge in [0, 0.05) is 55.8 Å². The van der Waals surface area contributed by atoms with Crippen LogP contribution in [-0.4, -0.2) is 76.7 Å². The van der Waals surface area contributed by atoms with Crippen molar-refractivity contribution in [2.45, 2.75) is 19.4 Å². The van der Waals surface area contributed by atoms with Gasteiger partial charge < -0.3 is 15.0 Å². The maximum atomic E-state index is 13.7. The fourth-order valence-electron chi connectivity index (χ4n) is 5.82. The van der Waals surface area contributed by atoms with E-state index >= 15 is 0 Å². The number of aromatic nitrogens is 3. The number of likely N-dealkylation sites (tertiary alicyclic amines) is 1. The fraction of sp³-hybridized carbons (Fsp3) is 0.333. The molecule has 0 spiro atoms. The first-order valence-electron chi connectivity index (χ1n) is 13.3. The molecule has 2 aliphatic heterocycles. The van der Waals surface area contributed by atoms with Gasteiger partial charge in [0.15, 0.2) is 0 Å². The molecule has 2 aromatic carbocycles. The summed E-state index contributed by atoms with van der Waals surface area (Å²) in [5.74, 6) is 0.00619. The van der Waals surface area contributed by atoms with E-state index < -0.39 is 5.41 Å². The molecule has 1 unspecified atom stereocenters. The molecule has 0 bridgehead atoms. The third kappa shape index (κ3) is 5.03. The van der Waals surface area contributed by atoms with E-state index in [2.05, 4.69) is 37.5 Å². The summed E-state index contributed by atoms with van der Waals surface area (Å²) in [6.45, 7) is 3.10. The van der Waals surface area contributed by atoms with Crippen molar-refractivity contribution >= 4 is 28.4 Å². The molecule has 200 valence electrons. The molecule has 1 fully saturated rings. The predicted molar refractivity (Wildman–Crippen MR) is 149 cm³/mol. The summed E-state index contributed by atoms with van der Waals surface area (Å²) < 4.78 is 5.53. The lowest BCUT2D eigenvalue weighted by Crippen LogP contribution is -2.45. The number of rotatable bonds is 7. The normalized spacial score (nSPS) is 19.3. The molecule has 4 aromatic rings. The van der Waals surface area contributed by atoms with E-state index in [-0.39, 0.29) is 18.4 Å². The van der Waals surface area contributed by atoms with Crippen molar-refractivity contribution in [1.82, 2.24) is 25.0 Å². The molecule has 2 amide bonds. The highest BCUT2D eigenvalue weighted by molar-refractivity contribution is 6.00. The number of fused-ring (bicyclic) bond motifs is 2. The number of nitrogens with one attached hydrogen (secondary N) is 2. The zero-order chi connectivity index (χ0) is 26.8. The van der Waals surface area contributed by atoms with Crippen LogP contribution in [0.2, 0.25) is 0 Å². The third-order valence-electron chi connectivity index (χ3n) is 7.95. The van der Waals surface area contributed by atoms with Crippen LogP contribution in [0.3, 0.4) is 0 Å². The van der Waals surface area contributed by atoms with Crippen LogP contribution >= 0.6 is 0 Å². The van der Waals surface area contributed by atoms with Crippen molar-refractivity contribution < 1.29 is 14.3 Å². The van der Waals surface area contributed by atoms with Gasteiger partial charge in [0.05, 0.1) is 24.1 Å². The molecular weight excluding hydrogens is 492 g/mol. The van der Waals surface area contributed by atoms with Gasteiger partial charge in [-0.15, -0.1) is 0 Å². The summed E-state index contributed by atoms with van der Waals surface area (Å²) in [5, 5.41) is 11.6. The molecule has 39 heavy (non-hydrogen) atoms. The number of carbonyl (C=O) groups is 2. The van der Waals surface area contributed by atoms with Crippen molar-refractivity contribution in [2.24, 2.45) is 5.41 Å². The zero-order valence-electron chi connectivity index (χ0n) is 22.0. The third-order valence-corrected chi connectivity index (χ3v) is 7.95. The number of hydrogen-bond acceptors (Lipinski definition) is 6. The maximum absolute atomic E-state index is 13.7. The highest BCUT2D eigenvalue weighted by Crippen LogP contribution is 2.34. The summed E-state index contributed by atoms with van der Waals surface area (Å²) in [5.41, 5.74) is 5.14. The highest BCUT2D eigenvalue weighted by atomic mass is 16.5. The van der Waals surface area contributed by atoms with Gasteiger partial charge in [-0.2, -0.15) is 5.10 Å². The lowest BCUT2D eigenvalue weighted by Gasteiger charge is -2.31. The minimum Gasteiger partial charge on any atom is -0.384 e. The molecule has 2 N–H and O–H groups in total. The summed E-state index contributed by atoms with van der Waals surface area (Å²) in [7, 11) is 1.62. The molecule has 6 rings (SSSR count). The van der Waals surface area contributed by atoms with Crippen molar-refractivity contribution in [1.29, 1.82) is 0 Å². The second kappa shape index (κ2) is 10.6. The van der Waals surface area contributed by atoms with Crippen LogP contribution in [0, 0.1) is 5.41 Å². The molecule has 0 radical (unpaired) electrons. The fourth-order valence-corrected chi connectivity index (χ4v) is 5.82. The molecule has 1 saturated heterocycles. The van der Waals surface area contributed by atoms with Crippen LogP contribution < -0.4 is 5.32 Å². The molecule has 9 heteroatoms. The molecule has 2 aliphatic rings. The van der Waals surface area contributed by atoms with Crippen molar-refractivity contribution in [3.8, 4) is 11.3 Å². The number of ether oxygens (including phenoxy) is 1. The first-order valence-corrected chi connectivity index (χ1v) is 13.3. The first kappa shape index (κ1) is 25.2. The lowest BCUT2D eigenvalue weighted by atomic mass is 9.87. The molecule has 9 nitrogen and oxygen atoms in total. The standard InChI is InChI=1S/C30H32N6O3/c1-39-20-30(11-15-35(19-30)18-27(37)36-14-10-21-4-2-3-5-23(21)17-36)29(38)32-24-6-7-26-25(16-24)28(34-33-26)22-8-12-31-13-9-22/h2-9,12-13,16H,10-11,14-15,17-20H2,1H3,(H,32,38)(H,33,34). The van der Waals surface area contributed by atoms with Crippen LogP contribution in [0.5, 0.6) is 0 Å². The Labute approximate surface area is 227 Å². The quantitative estimate of drug-likeness (QED) is 0.384. The number of H-pyrrole nitrogens is 1. The largest absolute Gasteiger partial charge is 0.384 e. The van der Waals surface area contributed by atoms with E-state index in [0.717, 1.165) is 35.1 Å². The van der Waals surface area contributed by atoms with E-state index in [0.29, 0.717) is 38.3 Å². The number of nitrogens with zero attached hydrogens (tertiary/aromatic N) is 4. The SMILES string of the molecule is COCC1(C(=O)Nc2ccc3[nH]nc(-c4ccncc4)c3c2)CCN(CC(=O)N2CCc3ccccc3C2)C1.